The normalized spacial score (nSPS) is 21.1. The molecule has 0 radical (unpaired) electrons. The van der Waals surface area contributed by atoms with Gasteiger partial charge in [-0.2, -0.15) is 18.3 Å². The van der Waals surface area contributed by atoms with Gasteiger partial charge in [-0.05, 0) is 29.3 Å². The van der Waals surface area contributed by atoms with Crippen molar-refractivity contribution in [3.05, 3.63) is 86.9 Å². The molecule has 0 spiro atoms. The highest BCUT2D eigenvalue weighted by Crippen LogP contribution is 2.50. The SMILES string of the molecule is O=C(c1cc[nH]n1)N1CC(F)(c2ccc(C3=NOC(c4cc(Cl)c(F)c(Cl)c4)(C(F)(F)F)C3)cc2)C1. The number of rotatable bonds is 4. The van der Waals surface area contributed by atoms with Crippen LogP contribution < -0.4 is 0 Å². The summed E-state index contributed by atoms with van der Waals surface area (Å²) in [6.45, 7) is -0.378. The number of aromatic nitrogens is 2. The Hall–Kier alpha value is -3.18. The van der Waals surface area contributed by atoms with Gasteiger partial charge in [0.15, 0.2) is 11.5 Å². The Labute approximate surface area is 210 Å². The molecule has 1 N–H and O–H groups in total. The fourth-order valence-corrected chi connectivity index (χ4v) is 4.72. The zero-order valence-electron chi connectivity index (χ0n) is 18.0. The number of H-pyrrole nitrogens is 1. The van der Waals surface area contributed by atoms with Crippen LogP contribution in [-0.2, 0) is 16.1 Å². The molecule has 2 aromatic carbocycles. The molecule has 1 aromatic heterocycles. The minimum atomic E-state index is -4.94. The smallest absolute Gasteiger partial charge is 0.374 e. The molecule has 3 aromatic rings. The summed E-state index contributed by atoms with van der Waals surface area (Å²) >= 11 is 11.4. The number of benzene rings is 2. The van der Waals surface area contributed by atoms with Gasteiger partial charge in [-0.3, -0.25) is 9.89 Å². The lowest BCUT2D eigenvalue weighted by atomic mass is 9.84. The number of carbonyl (C=O) groups is 1. The van der Waals surface area contributed by atoms with Gasteiger partial charge < -0.3 is 9.74 Å². The molecule has 0 bridgehead atoms. The second-order valence-corrected chi connectivity index (χ2v) is 9.36. The Kier molecular flexibility index (Phi) is 5.75. The average Bonchev–Trinajstić information content (AvgIpc) is 3.51. The number of amides is 1. The first-order valence-electron chi connectivity index (χ1n) is 10.5. The van der Waals surface area contributed by atoms with Crippen molar-refractivity contribution in [3.63, 3.8) is 0 Å². The van der Waals surface area contributed by atoms with Crippen LogP contribution in [0.3, 0.4) is 0 Å². The van der Waals surface area contributed by atoms with E-state index in [1.54, 1.807) is 0 Å². The number of nitrogens with zero attached hydrogens (tertiary/aromatic N) is 3. The maximum absolute atomic E-state index is 15.3. The molecule has 0 aliphatic carbocycles. The van der Waals surface area contributed by atoms with Crippen molar-refractivity contribution in [3.8, 4) is 0 Å². The number of halogens is 7. The Balaban J connectivity index is 1.34. The van der Waals surface area contributed by atoms with E-state index < -0.39 is 51.2 Å². The number of likely N-dealkylation sites (tertiary alicyclic amines) is 1. The highest BCUT2D eigenvalue weighted by atomic mass is 35.5. The van der Waals surface area contributed by atoms with Crippen molar-refractivity contribution in [1.82, 2.24) is 15.1 Å². The summed E-state index contributed by atoms with van der Waals surface area (Å²) in [4.78, 5) is 18.5. The highest BCUT2D eigenvalue weighted by molar-refractivity contribution is 6.35. The summed E-state index contributed by atoms with van der Waals surface area (Å²) in [5, 5.41) is 8.76. The van der Waals surface area contributed by atoms with Crippen molar-refractivity contribution in [2.75, 3.05) is 13.1 Å². The zero-order valence-corrected chi connectivity index (χ0v) is 19.6. The minimum Gasteiger partial charge on any atom is -0.374 e. The van der Waals surface area contributed by atoms with Gasteiger partial charge in [0, 0.05) is 18.2 Å². The lowest BCUT2D eigenvalue weighted by Gasteiger charge is -2.44. The third kappa shape index (κ3) is 3.90. The molecule has 2 aliphatic rings. The molecule has 0 saturated carbocycles. The summed E-state index contributed by atoms with van der Waals surface area (Å²) in [7, 11) is 0. The molecule has 1 saturated heterocycles. The monoisotopic (exact) mass is 544 g/mol. The molecule has 36 heavy (non-hydrogen) atoms. The van der Waals surface area contributed by atoms with E-state index in [4.69, 9.17) is 28.0 Å². The van der Waals surface area contributed by atoms with Crippen LogP contribution in [0.5, 0.6) is 0 Å². The van der Waals surface area contributed by atoms with Crippen LogP contribution in [0.25, 0.3) is 0 Å². The van der Waals surface area contributed by atoms with Crippen molar-refractivity contribution in [1.29, 1.82) is 0 Å². The van der Waals surface area contributed by atoms with Gasteiger partial charge in [0.05, 0.1) is 28.8 Å². The van der Waals surface area contributed by atoms with Crippen LogP contribution >= 0.6 is 23.2 Å². The van der Waals surface area contributed by atoms with E-state index in [1.807, 2.05) is 0 Å². The number of aromatic amines is 1. The van der Waals surface area contributed by atoms with Crippen LogP contribution in [0, 0.1) is 5.82 Å². The fraction of sp³-hybridized carbons (Fsp3) is 0.261. The molecule has 13 heteroatoms. The van der Waals surface area contributed by atoms with Crippen LogP contribution in [0.2, 0.25) is 10.0 Å². The van der Waals surface area contributed by atoms with Crippen molar-refractivity contribution in [2.24, 2.45) is 5.16 Å². The Morgan fingerprint density at radius 3 is 2.25 bits per heavy atom. The number of hydrogen-bond acceptors (Lipinski definition) is 4. The molecule has 1 atom stereocenters. The second-order valence-electron chi connectivity index (χ2n) is 8.55. The summed E-state index contributed by atoms with van der Waals surface area (Å²) < 4.78 is 71.6. The molecule has 2 aliphatic heterocycles. The number of nitrogens with one attached hydrogen (secondary N) is 1. The van der Waals surface area contributed by atoms with Gasteiger partial charge in [0.1, 0.15) is 5.69 Å². The summed E-state index contributed by atoms with van der Waals surface area (Å²) in [6.07, 6.45) is -4.20. The predicted molar refractivity (Wildman–Crippen MR) is 120 cm³/mol. The van der Waals surface area contributed by atoms with Crippen molar-refractivity contribution >= 4 is 34.8 Å². The van der Waals surface area contributed by atoms with Crippen LogP contribution in [0.1, 0.15) is 33.6 Å². The van der Waals surface area contributed by atoms with E-state index in [9.17, 15) is 22.4 Å². The van der Waals surface area contributed by atoms with Gasteiger partial charge >= 0.3 is 6.18 Å². The predicted octanol–water partition coefficient (Wildman–Crippen LogP) is 5.76. The van der Waals surface area contributed by atoms with Gasteiger partial charge in [-0.25, -0.2) is 8.78 Å². The number of oxime groups is 1. The topological polar surface area (TPSA) is 70.6 Å². The van der Waals surface area contributed by atoms with Gasteiger partial charge in [-0.15, -0.1) is 0 Å². The molecule has 1 unspecified atom stereocenters. The van der Waals surface area contributed by atoms with Crippen LogP contribution in [0.15, 0.2) is 53.8 Å². The summed E-state index contributed by atoms with van der Waals surface area (Å²) in [5.41, 5.74) is -4.58. The van der Waals surface area contributed by atoms with E-state index in [0.717, 1.165) is 12.1 Å². The molecule has 1 fully saturated rings. The van der Waals surface area contributed by atoms with Gasteiger partial charge in [0.25, 0.3) is 11.5 Å². The first kappa shape index (κ1) is 24.5. The van der Waals surface area contributed by atoms with E-state index >= 15 is 4.39 Å². The summed E-state index contributed by atoms with van der Waals surface area (Å²) in [6, 6.07) is 8.78. The largest absolute Gasteiger partial charge is 0.435 e. The number of carbonyl (C=O) groups excluding carboxylic acids is 1. The first-order chi connectivity index (χ1) is 16.9. The minimum absolute atomic E-state index is 0.0488. The Morgan fingerprint density at radius 2 is 1.69 bits per heavy atom. The molecule has 1 amide bonds. The quantitative estimate of drug-likeness (QED) is 0.335. The van der Waals surface area contributed by atoms with Gasteiger partial charge in [-0.1, -0.05) is 52.6 Å². The molecule has 3 heterocycles. The molecule has 6 nitrogen and oxygen atoms in total. The number of alkyl halides is 4. The van der Waals surface area contributed by atoms with Gasteiger partial charge in [0.2, 0.25) is 0 Å². The maximum Gasteiger partial charge on any atom is 0.435 e. The standard InChI is InChI=1S/C23H15Cl2F5N4O2/c24-15-7-14(8-16(25)19(15)26)22(23(28,29)30)9-18(33-36-22)12-1-3-13(4-2-12)21(27)10-34(11-21)20(35)17-5-6-31-32-17/h1-8H,9-11H2,(H,31,32). The summed E-state index contributed by atoms with van der Waals surface area (Å²) in [5.74, 6) is -1.46. The zero-order chi connectivity index (χ0) is 25.9. The van der Waals surface area contributed by atoms with E-state index in [-0.39, 0.29) is 35.6 Å². The average molecular weight is 545 g/mol. The van der Waals surface area contributed by atoms with Crippen LogP contribution in [0.4, 0.5) is 22.0 Å². The molecular formula is C23H15Cl2F5N4O2. The third-order valence-electron chi connectivity index (χ3n) is 6.26. The van der Waals surface area contributed by atoms with E-state index in [2.05, 4.69) is 15.4 Å². The lowest BCUT2D eigenvalue weighted by molar-refractivity contribution is -0.275. The molecule has 5 rings (SSSR count). The highest BCUT2D eigenvalue weighted by Gasteiger charge is 2.62. The van der Waals surface area contributed by atoms with E-state index in [0.29, 0.717) is 0 Å². The Morgan fingerprint density at radius 1 is 1.06 bits per heavy atom. The van der Waals surface area contributed by atoms with Crippen molar-refractivity contribution in [2.45, 2.75) is 23.9 Å². The lowest BCUT2D eigenvalue weighted by Crippen LogP contribution is -2.58. The Bertz CT molecular complexity index is 1330. The van der Waals surface area contributed by atoms with E-state index in [1.165, 1.54) is 41.4 Å². The maximum atomic E-state index is 15.3. The van der Waals surface area contributed by atoms with Crippen LogP contribution in [-0.4, -0.2) is 46.0 Å². The fourth-order valence-electron chi connectivity index (χ4n) is 4.23. The van der Waals surface area contributed by atoms with Crippen molar-refractivity contribution < 1.29 is 31.6 Å². The third-order valence-corrected chi connectivity index (χ3v) is 6.81. The first-order valence-corrected chi connectivity index (χ1v) is 11.2. The molecular weight excluding hydrogens is 530 g/mol. The molecule has 188 valence electrons. The second kappa shape index (κ2) is 8.45. The number of hydrogen-bond donors (Lipinski definition) is 1.